The van der Waals surface area contributed by atoms with Crippen LogP contribution in [0.4, 0.5) is 22.7 Å². The summed E-state index contributed by atoms with van der Waals surface area (Å²) in [6.45, 7) is 10.7. The molecular weight excluding hydrogens is 712 g/mol. The number of rotatable bonds is 7. The van der Waals surface area contributed by atoms with Gasteiger partial charge in [0.2, 0.25) is 11.8 Å². The number of nitrogens with one attached hydrogen (secondary N) is 2. The smallest absolute Gasteiger partial charge is 0.253 e. The van der Waals surface area contributed by atoms with Gasteiger partial charge in [-0.05, 0) is 112 Å². The Morgan fingerprint density at radius 1 is 0.855 bits per heavy atom. The summed E-state index contributed by atoms with van der Waals surface area (Å²) < 4.78 is 0. The van der Waals surface area contributed by atoms with Crippen LogP contribution in [0.25, 0.3) is 0 Å². The number of piperazine rings is 1. The van der Waals surface area contributed by atoms with Gasteiger partial charge in [0.25, 0.3) is 5.91 Å². The van der Waals surface area contributed by atoms with E-state index in [9.17, 15) is 19.6 Å². The summed E-state index contributed by atoms with van der Waals surface area (Å²) in [7, 11) is 0. The van der Waals surface area contributed by atoms with Crippen LogP contribution >= 0.6 is 11.6 Å². The molecule has 5 saturated heterocycles. The van der Waals surface area contributed by atoms with Crippen molar-refractivity contribution in [2.45, 2.75) is 70.0 Å². The lowest BCUT2D eigenvalue weighted by molar-refractivity contribution is -0.133. The van der Waals surface area contributed by atoms with Gasteiger partial charge in [0.05, 0.1) is 10.6 Å². The number of imide groups is 1. The lowest BCUT2D eigenvalue weighted by atomic mass is 9.76. The first-order valence-corrected chi connectivity index (χ1v) is 20.3. The van der Waals surface area contributed by atoms with E-state index in [1.807, 2.05) is 47.4 Å². The van der Waals surface area contributed by atoms with Gasteiger partial charge >= 0.3 is 0 Å². The Labute approximate surface area is 329 Å². The van der Waals surface area contributed by atoms with Gasteiger partial charge < -0.3 is 24.9 Å². The summed E-state index contributed by atoms with van der Waals surface area (Å²) in [6, 6.07) is 24.9. The van der Waals surface area contributed by atoms with Crippen LogP contribution in [0.15, 0.2) is 66.7 Å². The number of piperidine rings is 3. The van der Waals surface area contributed by atoms with E-state index >= 15 is 0 Å². The monoisotopic (exact) mass is 762 g/mol. The van der Waals surface area contributed by atoms with Gasteiger partial charge in [-0.15, -0.1) is 0 Å². The van der Waals surface area contributed by atoms with Crippen LogP contribution in [0.2, 0.25) is 5.02 Å². The lowest BCUT2D eigenvalue weighted by Crippen LogP contribution is -2.53. The summed E-state index contributed by atoms with van der Waals surface area (Å²) in [5, 5.41) is 15.5. The number of carbonyl (C=O) groups excluding carboxylic acids is 3. The molecule has 0 aliphatic carbocycles. The van der Waals surface area contributed by atoms with Crippen molar-refractivity contribution in [1.82, 2.24) is 15.1 Å². The van der Waals surface area contributed by atoms with E-state index in [0.717, 1.165) is 114 Å². The number of halogens is 1. The zero-order chi connectivity index (χ0) is 38.1. The molecule has 3 aromatic rings. The summed E-state index contributed by atoms with van der Waals surface area (Å²) in [4.78, 5) is 49.3. The lowest BCUT2D eigenvalue weighted by Gasteiger charge is -2.43. The number of nitriles is 1. The predicted molar refractivity (Wildman–Crippen MR) is 217 cm³/mol. The molecule has 0 radical (unpaired) electrons. The third-order valence-electron chi connectivity index (χ3n) is 12.8. The normalized spacial score (nSPS) is 23.5. The molecule has 0 aromatic heterocycles. The number of hydrogen-bond acceptors (Lipinski definition) is 9. The molecule has 3 amide bonds. The van der Waals surface area contributed by atoms with Gasteiger partial charge in [-0.3, -0.25) is 24.6 Å². The Balaban J connectivity index is 0.781. The largest absolute Gasteiger partial charge is 0.374 e. The van der Waals surface area contributed by atoms with E-state index in [1.54, 1.807) is 0 Å². The summed E-state index contributed by atoms with van der Waals surface area (Å²) >= 11 is 6.38. The fourth-order valence-electron chi connectivity index (χ4n) is 9.64. The van der Waals surface area contributed by atoms with E-state index in [-0.39, 0.29) is 23.1 Å². The van der Waals surface area contributed by atoms with Crippen LogP contribution in [0.1, 0.15) is 67.8 Å². The maximum Gasteiger partial charge on any atom is 0.253 e. The molecule has 2 N–H and O–H groups in total. The van der Waals surface area contributed by atoms with Crippen molar-refractivity contribution in [2.75, 3.05) is 78.9 Å². The molecule has 0 unspecified atom stereocenters. The summed E-state index contributed by atoms with van der Waals surface area (Å²) in [5.41, 5.74) is 5.86. The molecule has 55 heavy (non-hydrogen) atoms. The minimum absolute atomic E-state index is 0.126. The average molecular weight is 763 g/mol. The number of nitrogens with zero attached hydrogens (tertiary/aromatic N) is 6. The van der Waals surface area contributed by atoms with Crippen LogP contribution in [0.5, 0.6) is 0 Å². The fraction of sp³-hybridized carbons (Fsp3) is 0.488. The molecule has 0 saturated carbocycles. The SMILES string of the molecule is C[C@@H]1CC2(CCN(c3ccc(C(=O)N4CCC(N5CCN(c6cccc(N[C@H]7CCC(=O)NC7=O)c6)CC5)CC4)cc3)CC2)CN1c1ccc(C#N)c(Cl)c1. The Hall–Kier alpha value is -4.79. The van der Waals surface area contributed by atoms with Crippen molar-refractivity contribution >= 4 is 52.1 Å². The minimum atomic E-state index is -0.395. The second kappa shape index (κ2) is 15.8. The van der Waals surface area contributed by atoms with Gasteiger partial charge in [0, 0.05) is 106 Å². The van der Waals surface area contributed by atoms with E-state index < -0.39 is 6.04 Å². The Morgan fingerprint density at radius 2 is 1.56 bits per heavy atom. The topological polar surface area (TPSA) is 115 Å². The number of likely N-dealkylation sites (tertiary alicyclic amines) is 1. The van der Waals surface area contributed by atoms with Crippen molar-refractivity contribution in [2.24, 2.45) is 5.41 Å². The molecule has 5 aliphatic rings. The third kappa shape index (κ3) is 7.98. The third-order valence-corrected chi connectivity index (χ3v) is 13.2. The molecule has 12 heteroatoms. The highest BCUT2D eigenvalue weighted by atomic mass is 35.5. The van der Waals surface area contributed by atoms with Crippen molar-refractivity contribution in [3.63, 3.8) is 0 Å². The van der Waals surface area contributed by atoms with Crippen LogP contribution < -0.4 is 25.3 Å². The molecule has 5 aliphatic heterocycles. The standard InChI is InChI=1S/C43H51ClN8O3/c1-30-27-43(29-52(30)37-10-7-32(28-45)38(44)26-37)15-19-48(20-16-43)34-8-5-31(6-9-34)42(55)51-17-13-35(14-18-51)49-21-23-50(24-22-49)36-4-2-3-33(25-36)46-39-11-12-40(53)47-41(39)54/h2-10,25-26,30,35,39,46H,11-24,27,29H2,1H3,(H,47,53,54)/t30-,39+/m1/s1. The second-order valence-electron chi connectivity index (χ2n) is 16.2. The van der Waals surface area contributed by atoms with Gasteiger partial charge in [-0.2, -0.15) is 5.26 Å². The van der Waals surface area contributed by atoms with Crippen molar-refractivity contribution in [3.8, 4) is 6.07 Å². The molecule has 2 atom stereocenters. The Kier molecular flexibility index (Phi) is 10.6. The fourth-order valence-corrected chi connectivity index (χ4v) is 9.86. The minimum Gasteiger partial charge on any atom is -0.374 e. The van der Waals surface area contributed by atoms with E-state index in [4.69, 9.17) is 11.6 Å². The van der Waals surface area contributed by atoms with Crippen molar-refractivity contribution in [3.05, 3.63) is 82.9 Å². The molecule has 11 nitrogen and oxygen atoms in total. The molecular formula is C43H51ClN8O3. The molecule has 8 rings (SSSR count). The van der Waals surface area contributed by atoms with Gasteiger partial charge in [-0.25, -0.2) is 0 Å². The Morgan fingerprint density at radius 3 is 2.25 bits per heavy atom. The predicted octanol–water partition coefficient (Wildman–Crippen LogP) is 5.74. The number of amides is 3. The highest BCUT2D eigenvalue weighted by Crippen LogP contribution is 2.46. The molecule has 3 aromatic carbocycles. The van der Waals surface area contributed by atoms with Crippen molar-refractivity contribution < 1.29 is 14.4 Å². The highest BCUT2D eigenvalue weighted by Gasteiger charge is 2.44. The van der Waals surface area contributed by atoms with E-state index in [0.29, 0.717) is 35.5 Å². The summed E-state index contributed by atoms with van der Waals surface area (Å²) in [6.07, 6.45) is 6.23. The van der Waals surface area contributed by atoms with Crippen LogP contribution in [-0.2, 0) is 9.59 Å². The summed E-state index contributed by atoms with van der Waals surface area (Å²) in [5.74, 6) is -0.341. The zero-order valence-electron chi connectivity index (χ0n) is 31.7. The first-order valence-electron chi connectivity index (χ1n) is 20.0. The number of hydrogen-bond donors (Lipinski definition) is 2. The second-order valence-corrected chi connectivity index (χ2v) is 16.6. The molecule has 5 fully saturated rings. The number of benzene rings is 3. The highest BCUT2D eigenvalue weighted by molar-refractivity contribution is 6.32. The molecule has 288 valence electrons. The van der Waals surface area contributed by atoms with Crippen LogP contribution in [0.3, 0.4) is 0 Å². The van der Waals surface area contributed by atoms with Crippen molar-refractivity contribution in [1.29, 1.82) is 5.26 Å². The quantitative estimate of drug-likeness (QED) is 0.291. The molecule has 1 spiro atoms. The maximum atomic E-state index is 13.6. The van der Waals surface area contributed by atoms with Gasteiger partial charge in [0.15, 0.2) is 0 Å². The average Bonchev–Trinajstić information content (AvgIpc) is 3.54. The van der Waals surface area contributed by atoms with Gasteiger partial charge in [0.1, 0.15) is 12.1 Å². The first kappa shape index (κ1) is 37.1. The number of anilines is 4. The molecule has 0 bridgehead atoms. The zero-order valence-corrected chi connectivity index (χ0v) is 32.4. The van der Waals surface area contributed by atoms with Crippen LogP contribution in [0, 0.1) is 16.7 Å². The van der Waals surface area contributed by atoms with Gasteiger partial charge in [-0.1, -0.05) is 17.7 Å². The van der Waals surface area contributed by atoms with Crippen LogP contribution in [-0.4, -0.2) is 105 Å². The molecule has 5 heterocycles. The Bertz CT molecular complexity index is 1940. The number of carbonyl (C=O) groups is 3. The maximum absolute atomic E-state index is 13.6. The first-order chi connectivity index (χ1) is 26.7. The van der Waals surface area contributed by atoms with E-state index in [2.05, 4.69) is 67.5 Å². The van der Waals surface area contributed by atoms with E-state index in [1.165, 1.54) is 5.69 Å².